The number of carbonyl (C=O) groups excluding carboxylic acids is 1. The van der Waals surface area contributed by atoms with Crippen LogP contribution in [0.5, 0.6) is 0 Å². The van der Waals surface area contributed by atoms with Gasteiger partial charge in [0, 0.05) is 6.04 Å². The molecule has 1 aliphatic rings. The Morgan fingerprint density at radius 1 is 1.30 bits per heavy atom. The zero-order valence-electron chi connectivity index (χ0n) is 12.0. The molecule has 4 nitrogen and oxygen atoms in total. The molecule has 1 saturated carbocycles. The zero-order valence-corrected chi connectivity index (χ0v) is 12.0. The summed E-state index contributed by atoms with van der Waals surface area (Å²) in [5, 5.41) is 2.86. The van der Waals surface area contributed by atoms with Crippen LogP contribution in [0, 0.1) is 0 Å². The number of rotatable bonds is 7. The third-order valence-electron chi connectivity index (χ3n) is 3.48. The maximum Gasteiger partial charge on any atom is 0.407 e. The highest BCUT2D eigenvalue weighted by Gasteiger charge is 2.31. The smallest absolute Gasteiger partial charge is 0.407 e. The lowest BCUT2D eigenvalue weighted by Gasteiger charge is -2.35. The second-order valence-corrected chi connectivity index (χ2v) is 5.22. The SMILES string of the molecule is CCCCOC(=O)NC1CC(OCc2ccccc2)C1. The van der Waals surface area contributed by atoms with Gasteiger partial charge in [-0.25, -0.2) is 4.79 Å². The van der Waals surface area contributed by atoms with Crippen molar-refractivity contribution in [3.05, 3.63) is 35.9 Å². The second-order valence-electron chi connectivity index (χ2n) is 5.22. The Hall–Kier alpha value is -1.55. The molecule has 1 fully saturated rings. The van der Waals surface area contributed by atoms with E-state index in [0.717, 1.165) is 25.7 Å². The molecule has 20 heavy (non-hydrogen) atoms. The molecule has 1 aromatic carbocycles. The first-order chi connectivity index (χ1) is 9.78. The van der Waals surface area contributed by atoms with Gasteiger partial charge < -0.3 is 14.8 Å². The Morgan fingerprint density at radius 2 is 2.05 bits per heavy atom. The van der Waals surface area contributed by atoms with Gasteiger partial charge in [0.25, 0.3) is 0 Å². The summed E-state index contributed by atoms with van der Waals surface area (Å²) in [6.07, 6.45) is 3.64. The van der Waals surface area contributed by atoms with Crippen molar-refractivity contribution in [2.45, 2.75) is 51.4 Å². The van der Waals surface area contributed by atoms with Crippen molar-refractivity contribution in [3.63, 3.8) is 0 Å². The summed E-state index contributed by atoms with van der Waals surface area (Å²) in [5.74, 6) is 0. The van der Waals surface area contributed by atoms with Crippen molar-refractivity contribution in [3.8, 4) is 0 Å². The average molecular weight is 277 g/mol. The summed E-state index contributed by atoms with van der Waals surface area (Å²) in [6, 6.07) is 10.3. The van der Waals surface area contributed by atoms with Gasteiger partial charge in [0.1, 0.15) is 0 Å². The normalized spacial score (nSPS) is 21.1. The number of amides is 1. The molecule has 1 N–H and O–H groups in total. The van der Waals surface area contributed by atoms with Crippen molar-refractivity contribution in [2.75, 3.05) is 6.61 Å². The van der Waals surface area contributed by atoms with Crippen molar-refractivity contribution in [1.82, 2.24) is 5.32 Å². The van der Waals surface area contributed by atoms with Gasteiger partial charge in [0.05, 0.1) is 19.3 Å². The molecule has 0 aliphatic heterocycles. The molecule has 0 bridgehead atoms. The van der Waals surface area contributed by atoms with Crippen molar-refractivity contribution < 1.29 is 14.3 Å². The molecule has 0 atom stereocenters. The van der Waals surface area contributed by atoms with E-state index in [1.54, 1.807) is 0 Å². The molecule has 4 heteroatoms. The van der Waals surface area contributed by atoms with Crippen LogP contribution in [0.15, 0.2) is 30.3 Å². The van der Waals surface area contributed by atoms with E-state index in [4.69, 9.17) is 9.47 Å². The molecule has 1 aliphatic carbocycles. The molecule has 110 valence electrons. The molecule has 0 saturated heterocycles. The van der Waals surface area contributed by atoms with Gasteiger partial charge in [-0.15, -0.1) is 0 Å². The Morgan fingerprint density at radius 3 is 2.75 bits per heavy atom. The van der Waals surface area contributed by atoms with Gasteiger partial charge in [-0.1, -0.05) is 43.7 Å². The Balaban J connectivity index is 1.55. The van der Waals surface area contributed by atoms with Crippen LogP contribution in [-0.4, -0.2) is 24.8 Å². The highest BCUT2D eigenvalue weighted by molar-refractivity contribution is 5.67. The summed E-state index contributed by atoms with van der Waals surface area (Å²) in [5.41, 5.74) is 1.18. The molecule has 0 unspecified atom stereocenters. The van der Waals surface area contributed by atoms with E-state index in [1.165, 1.54) is 5.56 Å². The van der Waals surface area contributed by atoms with E-state index >= 15 is 0 Å². The van der Waals surface area contributed by atoms with Crippen LogP contribution in [0.2, 0.25) is 0 Å². The van der Waals surface area contributed by atoms with E-state index in [1.807, 2.05) is 18.2 Å². The first-order valence-corrected chi connectivity index (χ1v) is 7.36. The first kappa shape index (κ1) is 14.9. The predicted molar refractivity (Wildman–Crippen MR) is 77.4 cm³/mol. The van der Waals surface area contributed by atoms with Crippen molar-refractivity contribution in [1.29, 1.82) is 0 Å². The summed E-state index contributed by atoms with van der Waals surface area (Å²) < 4.78 is 10.8. The fraction of sp³-hybridized carbons (Fsp3) is 0.562. The van der Waals surface area contributed by atoms with E-state index in [9.17, 15) is 4.79 Å². The molecule has 2 rings (SSSR count). The number of nitrogens with one attached hydrogen (secondary N) is 1. The van der Waals surface area contributed by atoms with Crippen LogP contribution < -0.4 is 5.32 Å². The minimum absolute atomic E-state index is 0.199. The van der Waals surface area contributed by atoms with Crippen LogP contribution in [0.3, 0.4) is 0 Å². The van der Waals surface area contributed by atoms with Crippen LogP contribution in [0.4, 0.5) is 4.79 Å². The summed E-state index contributed by atoms with van der Waals surface area (Å²) >= 11 is 0. The zero-order chi connectivity index (χ0) is 14.2. The molecule has 0 heterocycles. The van der Waals surface area contributed by atoms with Crippen molar-refractivity contribution in [2.24, 2.45) is 0 Å². The molecule has 1 aromatic rings. The number of carbonyl (C=O) groups is 1. The minimum atomic E-state index is -0.301. The average Bonchev–Trinajstić information content (AvgIpc) is 2.42. The number of ether oxygens (including phenoxy) is 2. The Bertz CT molecular complexity index is 401. The topological polar surface area (TPSA) is 47.6 Å². The fourth-order valence-corrected chi connectivity index (χ4v) is 2.13. The van der Waals surface area contributed by atoms with Crippen LogP contribution in [-0.2, 0) is 16.1 Å². The van der Waals surface area contributed by atoms with Gasteiger partial charge >= 0.3 is 6.09 Å². The summed E-state index contributed by atoms with van der Waals surface area (Å²) in [4.78, 5) is 11.4. The number of hydrogen-bond acceptors (Lipinski definition) is 3. The van der Waals surface area contributed by atoms with Gasteiger partial charge in [0.2, 0.25) is 0 Å². The van der Waals surface area contributed by atoms with Crippen molar-refractivity contribution >= 4 is 6.09 Å². The Labute approximate surface area is 120 Å². The molecular formula is C16H23NO3. The first-order valence-electron chi connectivity index (χ1n) is 7.36. The largest absolute Gasteiger partial charge is 0.450 e. The van der Waals surface area contributed by atoms with Crippen LogP contribution >= 0.6 is 0 Å². The lowest BCUT2D eigenvalue weighted by Crippen LogP contribution is -2.47. The maximum atomic E-state index is 11.4. The number of alkyl carbamates (subject to hydrolysis) is 1. The maximum absolute atomic E-state index is 11.4. The molecule has 0 radical (unpaired) electrons. The number of unbranched alkanes of at least 4 members (excludes halogenated alkanes) is 1. The van der Waals surface area contributed by atoms with E-state index in [0.29, 0.717) is 13.2 Å². The fourth-order valence-electron chi connectivity index (χ4n) is 2.13. The monoisotopic (exact) mass is 277 g/mol. The quantitative estimate of drug-likeness (QED) is 0.778. The highest BCUT2D eigenvalue weighted by Crippen LogP contribution is 2.24. The molecule has 0 spiro atoms. The highest BCUT2D eigenvalue weighted by atomic mass is 16.5. The molecule has 0 aromatic heterocycles. The van der Waals surface area contributed by atoms with Gasteiger partial charge in [0.15, 0.2) is 0 Å². The summed E-state index contributed by atoms with van der Waals surface area (Å²) in [6.45, 7) is 3.21. The Kier molecular flexibility index (Phi) is 5.87. The third kappa shape index (κ3) is 4.85. The summed E-state index contributed by atoms with van der Waals surface area (Å²) in [7, 11) is 0. The molecular weight excluding hydrogens is 254 g/mol. The molecule has 1 amide bonds. The standard InChI is InChI=1S/C16H23NO3/c1-2-3-9-19-16(18)17-14-10-15(11-14)20-12-13-7-5-4-6-8-13/h4-8,14-15H,2-3,9-12H2,1H3,(H,17,18). The van der Waals surface area contributed by atoms with E-state index in [2.05, 4.69) is 24.4 Å². The second kappa shape index (κ2) is 7.90. The van der Waals surface area contributed by atoms with Gasteiger partial charge in [-0.05, 0) is 24.8 Å². The van der Waals surface area contributed by atoms with Gasteiger partial charge in [-0.3, -0.25) is 0 Å². The number of hydrogen-bond donors (Lipinski definition) is 1. The lowest BCUT2D eigenvalue weighted by molar-refractivity contribution is -0.0261. The van der Waals surface area contributed by atoms with Crippen LogP contribution in [0.25, 0.3) is 0 Å². The van der Waals surface area contributed by atoms with E-state index in [-0.39, 0.29) is 18.2 Å². The minimum Gasteiger partial charge on any atom is -0.450 e. The third-order valence-corrected chi connectivity index (χ3v) is 3.48. The van der Waals surface area contributed by atoms with Gasteiger partial charge in [-0.2, -0.15) is 0 Å². The predicted octanol–water partition coefficient (Wildman–Crippen LogP) is 3.26. The lowest BCUT2D eigenvalue weighted by atomic mass is 9.89. The number of benzene rings is 1. The van der Waals surface area contributed by atoms with E-state index < -0.39 is 0 Å². The van der Waals surface area contributed by atoms with Crippen LogP contribution in [0.1, 0.15) is 38.2 Å².